The molecule has 0 aliphatic carbocycles. The predicted octanol–water partition coefficient (Wildman–Crippen LogP) is 1.40. The van der Waals surface area contributed by atoms with E-state index in [0.717, 1.165) is 23.2 Å². The van der Waals surface area contributed by atoms with E-state index in [1.807, 2.05) is 39.0 Å². The molecule has 0 aliphatic heterocycles. The van der Waals surface area contributed by atoms with Gasteiger partial charge < -0.3 is 10.6 Å². The lowest BCUT2D eigenvalue weighted by molar-refractivity contribution is -0.127. The number of benzene rings is 1. The molecular weight excluding hydrogens is 352 g/mol. The monoisotopic (exact) mass is 376 g/mol. The van der Waals surface area contributed by atoms with Crippen molar-refractivity contribution in [3.8, 4) is 5.69 Å². The lowest BCUT2D eigenvalue weighted by Crippen LogP contribution is -2.45. The molecule has 1 aromatic heterocycles. The van der Waals surface area contributed by atoms with Crippen LogP contribution in [0.5, 0.6) is 0 Å². The molecule has 0 fully saturated rings. The Morgan fingerprint density at radius 2 is 2.08 bits per heavy atom. The quantitative estimate of drug-likeness (QED) is 0.675. The van der Waals surface area contributed by atoms with Gasteiger partial charge in [-0.15, -0.1) is 5.10 Å². The number of thioether (sulfide) groups is 1. The zero-order valence-electron chi connectivity index (χ0n) is 15.4. The second kappa shape index (κ2) is 9.33. The smallest absolute Gasteiger partial charge is 0.242 e. The minimum atomic E-state index is -0.579. The molecule has 0 radical (unpaired) electrons. The molecule has 2 aromatic rings. The molecule has 0 bridgehead atoms. The molecule has 2 N–H and O–H groups in total. The van der Waals surface area contributed by atoms with Crippen LogP contribution in [0, 0.1) is 13.8 Å². The summed E-state index contributed by atoms with van der Waals surface area (Å²) in [7, 11) is 0. The maximum atomic E-state index is 12.1. The Labute approximate surface area is 157 Å². The highest BCUT2D eigenvalue weighted by Gasteiger charge is 2.17. The molecule has 1 heterocycles. The average molecular weight is 376 g/mol. The number of nitrogens with one attached hydrogen (secondary N) is 2. The summed E-state index contributed by atoms with van der Waals surface area (Å²) < 4.78 is 1.62. The number of aryl methyl sites for hydroxylation is 1. The summed E-state index contributed by atoms with van der Waals surface area (Å²) in [6, 6.07) is 5.32. The van der Waals surface area contributed by atoms with Crippen molar-refractivity contribution in [1.82, 2.24) is 30.8 Å². The highest BCUT2D eigenvalue weighted by Crippen LogP contribution is 2.22. The van der Waals surface area contributed by atoms with Crippen LogP contribution in [0.3, 0.4) is 0 Å². The first-order chi connectivity index (χ1) is 12.4. The Morgan fingerprint density at radius 3 is 2.81 bits per heavy atom. The van der Waals surface area contributed by atoms with Gasteiger partial charge in [0.05, 0.1) is 11.4 Å². The summed E-state index contributed by atoms with van der Waals surface area (Å²) in [6.07, 6.45) is 0.850. The Balaban J connectivity index is 1.97. The fourth-order valence-corrected chi connectivity index (χ4v) is 2.96. The number of aromatic nitrogens is 4. The van der Waals surface area contributed by atoms with E-state index in [1.165, 1.54) is 11.8 Å². The molecular formula is C17H24N6O2S. The Bertz CT molecular complexity index is 776. The van der Waals surface area contributed by atoms with Crippen molar-refractivity contribution in [3.63, 3.8) is 0 Å². The molecule has 0 aliphatic rings. The van der Waals surface area contributed by atoms with Crippen LogP contribution in [0.25, 0.3) is 5.69 Å². The van der Waals surface area contributed by atoms with Crippen LogP contribution in [-0.2, 0) is 9.59 Å². The van der Waals surface area contributed by atoms with Crippen LogP contribution in [0.1, 0.15) is 31.4 Å². The van der Waals surface area contributed by atoms with E-state index in [-0.39, 0.29) is 17.6 Å². The van der Waals surface area contributed by atoms with E-state index >= 15 is 0 Å². The number of amides is 2. The van der Waals surface area contributed by atoms with Crippen LogP contribution in [-0.4, -0.2) is 50.4 Å². The van der Waals surface area contributed by atoms with Gasteiger partial charge in [-0.3, -0.25) is 9.59 Å². The summed E-state index contributed by atoms with van der Waals surface area (Å²) in [4.78, 5) is 23.9. The third kappa shape index (κ3) is 5.04. The molecule has 140 valence electrons. The molecule has 8 nitrogen and oxygen atoms in total. The van der Waals surface area contributed by atoms with Crippen LogP contribution in [0.15, 0.2) is 23.4 Å². The van der Waals surface area contributed by atoms with Gasteiger partial charge in [-0.1, -0.05) is 30.8 Å². The Kier molecular flexibility index (Phi) is 7.14. The molecule has 2 amide bonds. The molecule has 1 aromatic carbocycles. The number of hydrogen-bond donors (Lipinski definition) is 2. The highest BCUT2D eigenvalue weighted by atomic mass is 32.2. The van der Waals surface area contributed by atoms with E-state index < -0.39 is 6.04 Å². The van der Waals surface area contributed by atoms with Gasteiger partial charge in [0.1, 0.15) is 6.04 Å². The van der Waals surface area contributed by atoms with Crippen molar-refractivity contribution in [1.29, 1.82) is 0 Å². The van der Waals surface area contributed by atoms with E-state index in [9.17, 15) is 9.59 Å². The normalized spacial score (nSPS) is 11.8. The van der Waals surface area contributed by atoms with Crippen LogP contribution in [0.2, 0.25) is 0 Å². The average Bonchev–Trinajstić information content (AvgIpc) is 3.08. The SMILES string of the molecule is CCCNC(=O)C(C)NC(=O)CSc1nnnn1-c1cccc(C)c1C. The van der Waals surface area contributed by atoms with Crippen LogP contribution in [0.4, 0.5) is 0 Å². The summed E-state index contributed by atoms with van der Waals surface area (Å²) >= 11 is 1.23. The summed E-state index contributed by atoms with van der Waals surface area (Å²) in [5, 5.41) is 17.7. The van der Waals surface area contributed by atoms with Gasteiger partial charge in [-0.05, 0) is 54.8 Å². The fraction of sp³-hybridized carbons (Fsp3) is 0.471. The standard InChI is InChI=1S/C17H24N6O2S/c1-5-9-18-16(25)13(4)19-15(24)10-26-17-20-21-22-23(17)14-8-6-7-11(2)12(14)3/h6-8,13H,5,9-10H2,1-4H3,(H,18,25)(H,19,24). The Hall–Kier alpha value is -2.42. The fourth-order valence-electron chi connectivity index (χ4n) is 2.27. The third-order valence-corrected chi connectivity index (χ3v) is 4.82. The second-order valence-electron chi connectivity index (χ2n) is 5.96. The second-order valence-corrected chi connectivity index (χ2v) is 6.90. The van der Waals surface area contributed by atoms with Crippen molar-refractivity contribution < 1.29 is 9.59 Å². The topological polar surface area (TPSA) is 102 Å². The van der Waals surface area contributed by atoms with Gasteiger partial charge in [0.25, 0.3) is 0 Å². The number of hydrogen-bond acceptors (Lipinski definition) is 6. The maximum Gasteiger partial charge on any atom is 0.242 e. The van der Waals surface area contributed by atoms with Crippen molar-refractivity contribution in [3.05, 3.63) is 29.3 Å². The molecule has 0 saturated heterocycles. The minimum Gasteiger partial charge on any atom is -0.354 e. The first-order valence-electron chi connectivity index (χ1n) is 8.48. The zero-order valence-corrected chi connectivity index (χ0v) is 16.3. The van der Waals surface area contributed by atoms with Gasteiger partial charge >= 0.3 is 0 Å². The van der Waals surface area contributed by atoms with Gasteiger partial charge in [0, 0.05) is 6.54 Å². The number of carbonyl (C=O) groups excluding carboxylic acids is 2. The van der Waals surface area contributed by atoms with Crippen molar-refractivity contribution >= 4 is 23.6 Å². The van der Waals surface area contributed by atoms with E-state index in [0.29, 0.717) is 11.7 Å². The number of carbonyl (C=O) groups is 2. The van der Waals surface area contributed by atoms with Gasteiger partial charge in [0.15, 0.2) is 0 Å². The molecule has 0 spiro atoms. The van der Waals surface area contributed by atoms with E-state index in [2.05, 4.69) is 26.2 Å². The lowest BCUT2D eigenvalue weighted by atomic mass is 10.1. The summed E-state index contributed by atoms with van der Waals surface area (Å²) in [6.45, 7) is 8.25. The van der Waals surface area contributed by atoms with Gasteiger partial charge in [-0.25, -0.2) is 0 Å². The largest absolute Gasteiger partial charge is 0.354 e. The van der Waals surface area contributed by atoms with E-state index in [4.69, 9.17) is 0 Å². The predicted molar refractivity (Wildman–Crippen MR) is 100 cm³/mol. The minimum absolute atomic E-state index is 0.122. The summed E-state index contributed by atoms with van der Waals surface area (Å²) in [5.74, 6) is -0.313. The lowest BCUT2D eigenvalue weighted by Gasteiger charge is -2.13. The van der Waals surface area contributed by atoms with Gasteiger partial charge in [0.2, 0.25) is 17.0 Å². The number of nitrogens with zero attached hydrogens (tertiary/aromatic N) is 4. The van der Waals surface area contributed by atoms with Crippen molar-refractivity contribution in [2.24, 2.45) is 0 Å². The van der Waals surface area contributed by atoms with Crippen LogP contribution >= 0.6 is 11.8 Å². The summed E-state index contributed by atoms with van der Waals surface area (Å²) in [5.41, 5.74) is 3.09. The highest BCUT2D eigenvalue weighted by molar-refractivity contribution is 7.99. The molecule has 1 unspecified atom stereocenters. The number of tetrazole rings is 1. The van der Waals surface area contributed by atoms with Crippen molar-refractivity contribution in [2.45, 2.75) is 45.3 Å². The van der Waals surface area contributed by atoms with Gasteiger partial charge in [-0.2, -0.15) is 4.68 Å². The molecule has 0 saturated carbocycles. The number of rotatable bonds is 8. The molecule has 1 atom stereocenters. The van der Waals surface area contributed by atoms with E-state index in [1.54, 1.807) is 11.6 Å². The zero-order chi connectivity index (χ0) is 19.1. The van der Waals surface area contributed by atoms with Crippen molar-refractivity contribution in [2.75, 3.05) is 12.3 Å². The molecule has 9 heteroatoms. The first kappa shape index (κ1) is 19.9. The first-order valence-corrected chi connectivity index (χ1v) is 9.47. The van der Waals surface area contributed by atoms with Crippen LogP contribution < -0.4 is 10.6 Å². The third-order valence-electron chi connectivity index (χ3n) is 3.90. The Morgan fingerprint density at radius 1 is 1.31 bits per heavy atom. The molecule has 26 heavy (non-hydrogen) atoms. The molecule has 2 rings (SSSR count). The maximum absolute atomic E-state index is 12.1.